The zero-order valence-electron chi connectivity index (χ0n) is 18.1. The van der Waals surface area contributed by atoms with E-state index in [1.807, 2.05) is 39.0 Å². The van der Waals surface area contributed by atoms with Crippen LogP contribution in [-0.2, 0) is 16.8 Å². The Morgan fingerprint density at radius 2 is 2.19 bits per heavy atom. The lowest BCUT2D eigenvalue weighted by Crippen LogP contribution is -2.31. The van der Waals surface area contributed by atoms with Gasteiger partial charge in [0.2, 0.25) is 5.95 Å². The molecule has 0 spiro atoms. The number of carbonyl (C=O) groups excluding carboxylic acids is 1. The first kappa shape index (κ1) is 21.0. The number of fused-ring (bicyclic) bond motifs is 1. The summed E-state index contributed by atoms with van der Waals surface area (Å²) in [5.74, 6) is 0.233. The molecule has 1 aliphatic heterocycles. The summed E-state index contributed by atoms with van der Waals surface area (Å²) < 4.78 is 7.29. The van der Waals surface area contributed by atoms with Gasteiger partial charge in [0.05, 0.1) is 17.8 Å². The Labute approximate surface area is 180 Å². The molecule has 9 nitrogen and oxygen atoms in total. The molecule has 1 amide bonds. The number of nitrogens with one attached hydrogen (secondary N) is 3. The number of aromatic amines is 1. The highest BCUT2D eigenvalue weighted by molar-refractivity contribution is 5.94. The number of carbonyl (C=O) groups is 1. The van der Waals surface area contributed by atoms with Crippen LogP contribution in [0, 0.1) is 0 Å². The van der Waals surface area contributed by atoms with Gasteiger partial charge in [-0.05, 0) is 51.3 Å². The molecule has 0 aliphatic carbocycles. The second-order valence-electron chi connectivity index (χ2n) is 8.78. The highest BCUT2D eigenvalue weighted by atomic mass is 16.5. The van der Waals surface area contributed by atoms with Crippen LogP contribution in [0.3, 0.4) is 0 Å². The highest BCUT2D eigenvalue weighted by Gasteiger charge is 2.20. The molecule has 1 atom stereocenters. The molecule has 3 aromatic rings. The molecule has 4 rings (SSSR count). The monoisotopic (exact) mass is 424 g/mol. The maximum atomic E-state index is 12.5. The van der Waals surface area contributed by atoms with Crippen molar-refractivity contribution in [1.82, 2.24) is 25.1 Å². The number of hydrogen-bond donors (Lipinski definition) is 3. The van der Waals surface area contributed by atoms with Crippen molar-refractivity contribution in [3.05, 3.63) is 51.9 Å². The molecular weight excluding hydrogens is 396 g/mol. The minimum Gasteiger partial charge on any atom is -0.376 e. The van der Waals surface area contributed by atoms with Crippen LogP contribution in [0.4, 0.5) is 5.95 Å². The van der Waals surface area contributed by atoms with E-state index in [1.54, 1.807) is 10.7 Å². The van der Waals surface area contributed by atoms with Gasteiger partial charge < -0.3 is 15.4 Å². The summed E-state index contributed by atoms with van der Waals surface area (Å²) in [7, 11) is 0. The fraction of sp³-hybridized carbons (Fsp3) is 0.455. The molecule has 9 heteroatoms. The van der Waals surface area contributed by atoms with Gasteiger partial charge in [0, 0.05) is 25.3 Å². The van der Waals surface area contributed by atoms with E-state index < -0.39 is 0 Å². The molecule has 1 fully saturated rings. The van der Waals surface area contributed by atoms with Crippen molar-refractivity contribution in [2.75, 3.05) is 18.5 Å². The number of hydrogen-bond acceptors (Lipinski definition) is 6. The van der Waals surface area contributed by atoms with Crippen molar-refractivity contribution in [3.63, 3.8) is 0 Å². The van der Waals surface area contributed by atoms with Crippen LogP contribution in [0.5, 0.6) is 0 Å². The number of aromatic nitrogens is 4. The average molecular weight is 425 g/mol. The molecule has 0 saturated carbocycles. The summed E-state index contributed by atoms with van der Waals surface area (Å²) in [4.78, 5) is 32.2. The lowest BCUT2D eigenvalue weighted by Gasteiger charge is -2.19. The lowest BCUT2D eigenvalue weighted by atomic mass is 10.1. The largest absolute Gasteiger partial charge is 0.376 e. The van der Waals surface area contributed by atoms with Crippen molar-refractivity contribution in [2.45, 2.75) is 51.8 Å². The predicted molar refractivity (Wildman–Crippen MR) is 118 cm³/mol. The zero-order valence-corrected chi connectivity index (χ0v) is 18.1. The van der Waals surface area contributed by atoms with Gasteiger partial charge in [-0.15, -0.1) is 0 Å². The van der Waals surface area contributed by atoms with E-state index in [1.165, 1.54) is 6.20 Å². The number of benzene rings is 1. The number of anilines is 1. The van der Waals surface area contributed by atoms with Crippen LogP contribution in [0.15, 0.2) is 35.3 Å². The molecule has 3 N–H and O–H groups in total. The summed E-state index contributed by atoms with van der Waals surface area (Å²) in [6.45, 7) is 7.71. The van der Waals surface area contributed by atoms with Crippen molar-refractivity contribution < 1.29 is 9.53 Å². The van der Waals surface area contributed by atoms with Gasteiger partial charge >= 0.3 is 0 Å². The highest BCUT2D eigenvalue weighted by Crippen LogP contribution is 2.19. The normalized spacial score (nSPS) is 16.5. The van der Waals surface area contributed by atoms with Crippen LogP contribution in [0.1, 0.15) is 49.5 Å². The first-order chi connectivity index (χ1) is 14.8. The van der Waals surface area contributed by atoms with Crippen molar-refractivity contribution in [3.8, 4) is 0 Å². The molecule has 164 valence electrons. The van der Waals surface area contributed by atoms with Crippen molar-refractivity contribution >= 4 is 22.9 Å². The minimum atomic E-state index is -0.301. The lowest BCUT2D eigenvalue weighted by molar-refractivity contribution is 0.0857. The Hall–Kier alpha value is -3.20. The Morgan fingerprint density at radius 3 is 2.94 bits per heavy atom. The molecule has 3 heterocycles. The van der Waals surface area contributed by atoms with Gasteiger partial charge in [-0.3, -0.25) is 14.6 Å². The number of H-pyrrole nitrogens is 1. The van der Waals surface area contributed by atoms with Crippen LogP contribution in [0.25, 0.3) is 11.0 Å². The zero-order chi connectivity index (χ0) is 22.0. The molecule has 1 unspecified atom stereocenters. The number of rotatable bonds is 6. The Balaban J connectivity index is 1.45. The van der Waals surface area contributed by atoms with Gasteiger partial charge in [-0.1, -0.05) is 12.1 Å². The Morgan fingerprint density at radius 1 is 1.35 bits per heavy atom. The summed E-state index contributed by atoms with van der Waals surface area (Å²) in [5, 5.41) is 10.8. The van der Waals surface area contributed by atoms with Gasteiger partial charge in [0.1, 0.15) is 5.39 Å². The molecule has 1 aromatic carbocycles. The Kier molecular flexibility index (Phi) is 5.77. The minimum absolute atomic E-state index is 0.105. The quantitative estimate of drug-likeness (QED) is 0.560. The first-order valence-electron chi connectivity index (χ1n) is 10.5. The maximum Gasteiger partial charge on any atom is 0.263 e. The van der Waals surface area contributed by atoms with Crippen molar-refractivity contribution in [2.24, 2.45) is 0 Å². The van der Waals surface area contributed by atoms with Crippen LogP contribution in [0.2, 0.25) is 0 Å². The summed E-state index contributed by atoms with van der Waals surface area (Å²) >= 11 is 0. The second-order valence-corrected chi connectivity index (χ2v) is 8.78. The Bertz CT molecular complexity index is 1140. The number of amides is 1. The van der Waals surface area contributed by atoms with E-state index in [0.29, 0.717) is 35.6 Å². The van der Waals surface area contributed by atoms with Crippen molar-refractivity contribution in [1.29, 1.82) is 0 Å². The van der Waals surface area contributed by atoms with E-state index in [0.717, 1.165) is 25.0 Å². The maximum absolute atomic E-state index is 12.5. The van der Waals surface area contributed by atoms with Crippen LogP contribution < -0.4 is 16.2 Å². The molecule has 1 saturated heterocycles. The third kappa shape index (κ3) is 4.77. The van der Waals surface area contributed by atoms with Gasteiger partial charge in [-0.2, -0.15) is 10.1 Å². The molecule has 0 radical (unpaired) electrons. The average Bonchev–Trinajstić information content (AvgIpc) is 3.40. The molecule has 2 aromatic heterocycles. The smallest absolute Gasteiger partial charge is 0.263 e. The van der Waals surface area contributed by atoms with Gasteiger partial charge in [0.15, 0.2) is 5.65 Å². The van der Waals surface area contributed by atoms with E-state index in [9.17, 15) is 9.59 Å². The first-order valence-corrected chi connectivity index (χ1v) is 10.5. The van der Waals surface area contributed by atoms with Crippen LogP contribution in [-0.4, -0.2) is 44.9 Å². The fourth-order valence-electron chi connectivity index (χ4n) is 3.62. The number of nitrogens with zero attached hydrogens (tertiary/aromatic N) is 3. The second kappa shape index (κ2) is 8.50. The third-order valence-electron chi connectivity index (χ3n) is 5.24. The van der Waals surface area contributed by atoms with Gasteiger partial charge in [0.25, 0.3) is 11.5 Å². The fourth-order valence-corrected chi connectivity index (χ4v) is 3.62. The van der Waals surface area contributed by atoms with E-state index >= 15 is 0 Å². The summed E-state index contributed by atoms with van der Waals surface area (Å²) in [5.41, 5.74) is 1.47. The SMILES string of the molecule is CC(C)(C)n1ncc2c(=O)[nH]c(NCc3cccc(C(=O)NCC4CCCO4)c3)nc21. The van der Waals surface area contributed by atoms with E-state index in [2.05, 4.69) is 25.7 Å². The van der Waals surface area contributed by atoms with Gasteiger partial charge in [-0.25, -0.2) is 4.68 Å². The molecule has 1 aliphatic rings. The third-order valence-corrected chi connectivity index (χ3v) is 5.24. The standard InChI is InChI=1S/C22H28N6O3/c1-22(2,3)28-18-17(13-25-28)20(30)27-21(26-18)24-11-14-6-4-7-15(10-14)19(29)23-12-16-8-5-9-31-16/h4,6-7,10,13,16H,5,8-9,11-12H2,1-3H3,(H,23,29)(H2,24,26,27,30). The molecule has 31 heavy (non-hydrogen) atoms. The summed E-state index contributed by atoms with van der Waals surface area (Å²) in [6, 6.07) is 7.36. The topological polar surface area (TPSA) is 114 Å². The summed E-state index contributed by atoms with van der Waals surface area (Å²) in [6.07, 6.45) is 3.66. The molecular formula is C22H28N6O3. The predicted octanol–water partition coefficient (Wildman–Crippen LogP) is 2.40. The van der Waals surface area contributed by atoms with Crippen LogP contribution >= 0.6 is 0 Å². The van der Waals surface area contributed by atoms with E-state index in [-0.39, 0.29) is 23.1 Å². The van der Waals surface area contributed by atoms with E-state index in [4.69, 9.17) is 4.74 Å². The number of ether oxygens (including phenoxy) is 1. The molecule has 0 bridgehead atoms.